The zero-order valence-electron chi connectivity index (χ0n) is 15.1. The van der Waals surface area contributed by atoms with Gasteiger partial charge >= 0.3 is 0 Å². The zero-order chi connectivity index (χ0) is 19.4. The second-order valence-corrected chi connectivity index (χ2v) is 7.81. The number of hydrogen-bond acceptors (Lipinski definition) is 5. The summed E-state index contributed by atoms with van der Waals surface area (Å²) in [6.45, 7) is 4.24. The first-order chi connectivity index (χ1) is 12.9. The molecule has 0 aliphatic rings. The SMILES string of the molecule is CCCn1nnc(C(=O)c2ccccc2)c1NS(=O)(=O)c1ccc(C)cc1. The number of aromatic nitrogens is 3. The Morgan fingerprint density at radius 1 is 1.07 bits per heavy atom. The molecule has 0 fully saturated rings. The van der Waals surface area contributed by atoms with Crippen molar-refractivity contribution in [3.05, 3.63) is 71.4 Å². The molecule has 0 spiro atoms. The van der Waals surface area contributed by atoms with E-state index < -0.39 is 10.0 Å². The van der Waals surface area contributed by atoms with Crippen LogP contribution in [0.3, 0.4) is 0 Å². The molecule has 3 rings (SSSR count). The number of benzene rings is 2. The van der Waals surface area contributed by atoms with E-state index in [2.05, 4.69) is 15.0 Å². The lowest BCUT2D eigenvalue weighted by atomic mass is 10.1. The van der Waals surface area contributed by atoms with Gasteiger partial charge in [-0.15, -0.1) is 5.10 Å². The highest BCUT2D eigenvalue weighted by atomic mass is 32.2. The zero-order valence-corrected chi connectivity index (χ0v) is 15.9. The van der Waals surface area contributed by atoms with Gasteiger partial charge < -0.3 is 0 Å². The first-order valence-electron chi connectivity index (χ1n) is 8.55. The van der Waals surface area contributed by atoms with Gasteiger partial charge in [-0.3, -0.25) is 9.52 Å². The molecule has 27 heavy (non-hydrogen) atoms. The Kier molecular flexibility index (Phi) is 5.36. The van der Waals surface area contributed by atoms with Crippen LogP contribution in [-0.2, 0) is 16.6 Å². The van der Waals surface area contributed by atoms with E-state index >= 15 is 0 Å². The molecule has 2 aromatic carbocycles. The first-order valence-corrected chi connectivity index (χ1v) is 10.0. The van der Waals surface area contributed by atoms with E-state index in [9.17, 15) is 13.2 Å². The summed E-state index contributed by atoms with van der Waals surface area (Å²) in [6, 6.07) is 15.0. The van der Waals surface area contributed by atoms with Crippen molar-refractivity contribution >= 4 is 21.6 Å². The Hall–Kier alpha value is -3.00. The minimum Gasteiger partial charge on any atom is -0.287 e. The maximum Gasteiger partial charge on any atom is 0.263 e. The van der Waals surface area contributed by atoms with Gasteiger partial charge in [-0.05, 0) is 25.5 Å². The van der Waals surface area contributed by atoms with Crippen molar-refractivity contribution < 1.29 is 13.2 Å². The van der Waals surface area contributed by atoms with E-state index in [1.807, 2.05) is 13.8 Å². The van der Waals surface area contributed by atoms with Crippen molar-refractivity contribution in [1.29, 1.82) is 0 Å². The molecule has 0 aliphatic heterocycles. The molecule has 0 saturated heterocycles. The quantitative estimate of drug-likeness (QED) is 0.632. The summed E-state index contributed by atoms with van der Waals surface area (Å²) >= 11 is 0. The molecule has 0 aliphatic carbocycles. The third-order valence-electron chi connectivity index (χ3n) is 3.98. The summed E-state index contributed by atoms with van der Waals surface area (Å²) < 4.78 is 29.5. The standard InChI is InChI=1S/C19H20N4O3S/c1-3-13-23-19(21-27(25,26)16-11-9-14(2)10-12-16)17(20-22-23)18(24)15-7-5-4-6-8-15/h4-12,21H,3,13H2,1-2H3. The second-order valence-electron chi connectivity index (χ2n) is 6.12. The van der Waals surface area contributed by atoms with Crippen LogP contribution in [-0.4, -0.2) is 29.2 Å². The van der Waals surface area contributed by atoms with Crippen molar-refractivity contribution in [1.82, 2.24) is 15.0 Å². The largest absolute Gasteiger partial charge is 0.287 e. The minimum absolute atomic E-state index is 0.0228. The van der Waals surface area contributed by atoms with Crippen molar-refractivity contribution in [2.24, 2.45) is 0 Å². The molecule has 0 bridgehead atoms. The lowest BCUT2D eigenvalue weighted by Gasteiger charge is -2.11. The third-order valence-corrected chi connectivity index (χ3v) is 5.34. The maximum absolute atomic E-state index is 12.8. The van der Waals surface area contributed by atoms with Crippen LogP contribution < -0.4 is 4.72 Å². The summed E-state index contributed by atoms with van der Waals surface area (Å²) in [4.78, 5) is 12.9. The smallest absolute Gasteiger partial charge is 0.263 e. The van der Waals surface area contributed by atoms with E-state index in [0.29, 0.717) is 18.5 Å². The monoisotopic (exact) mass is 384 g/mol. The molecule has 8 heteroatoms. The summed E-state index contributed by atoms with van der Waals surface area (Å²) in [5.74, 6) is -0.314. The fraction of sp³-hybridized carbons (Fsp3) is 0.211. The van der Waals surface area contributed by atoms with Gasteiger partial charge in [0.1, 0.15) is 0 Å². The molecule has 0 unspecified atom stereocenters. The van der Waals surface area contributed by atoms with Crippen molar-refractivity contribution in [3.63, 3.8) is 0 Å². The lowest BCUT2D eigenvalue weighted by molar-refractivity contribution is 0.103. The highest BCUT2D eigenvalue weighted by Gasteiger charge is 2.25. The highest BCUT2D eigenvalue weighted by molar-refractivity contribution is 7.92. The fourth-order valence-corrected chi connectivity index (χ4v) is 3.63. The average molecular weight is 384 g/mol. The van der Waals surface area contributed by atoms with E-state index in [-0.39, 0.29) is 22.2 Å². The molecule has 0 saturated carbocycles. The molecule has 0 amide bonds. The summed E-state index contributed by atoms with van der Waals surface area (Å²) in [5, 5.41) is 7.90. The van der Waals surface area contributed by atoms with Gasteiger partial charge in [0.05, 0.1) is 4.90 Å². The van der Waals surface area contributed by atoms with Gasteiger partial charge in [0.25, 0.3) is 10.0 Å². The topological polar surface area (TPSA) is 93.9 Å². The number of nitrogens with zero attached hydrogens (tertiary/aromatic N) is 3. The van der Waals surface area contributed by atoms with Gasteiger partial charge in [0.15, 0.2) is 11.5 Å². The van der Waals surface area contributed by atoms with Gasteiger partial charge in [0.2, 0.25) is 5.78 Å². The van der Waals surface area contributed by atoms with Gasteiger partial charge in [0, 0.05) is 12.1 Å². The predicted octanol–water partition coefficient (Wildman–Crippen LogP) is 3.03. The number of hydrogen-bond donors (Lipinski definition) is 1. The molecule has 1 aromatic heterocycles. The normalized spacial score (nSPS) is 11.3. The summed E-state index contributed by atoms with van der Waals surface area (Å²) in [7, 11) is -3.88. The van der Waals surface area contributed by atoms with Gasteiger partial charge in [-0.25, -0.2) is 13.1 Å². The van der Waals surface area contributed by atoms with E-state index in [4.69, 9.17) is 0 Å². The highest BCUT2D eigenvalue weighted by Crippen LogP contribution is 2.22. The predicted molar refractivity (Wildman–Crippen MR) is 102 cm³/mol. The van der Waals surface area contributed by atoms with E-state index in [1.165, 1.54) is 16.8 Å². The van der Waals surface area contributed by atoms with Crippen LogP contribution in [0.5, 0.6) is 0 Å². The molecule has 3 aromatic rings. The van der Waals surface area contributed by atoms with Crippen LogP contribution in [0, 0.1) is 6.92 Å². The molecule has 0 atom stereocenters. The lowest BCUT2D eigenvalue weighted by Crippen LogP contribution is -2.19. The number of nitrogens with one attached hydrogen (secondary N) is 1. The number of ketones is 1. The van der Waals surface area contributed by atoms with Crippen LogP contribution in [0.1, 0.15) is 35.0 Å². The number of anilines is 1. The van der Waals surface area contributed by atoms with Gasteiger partial charge in [-0.2, -0.15) is 0 Å². The summed E-state index contributed by atoms with van der Waals surface area (Å²) in [6.07, 6.45) is 0.710. The van der Waals surface area contributed by atoms with Crippen LogP contribution in [0.25, 0.3) is 0 Å². The Balaban J connectivity index is 2.02. The molecule has 140 valence electrons. The number of aryl methyl sites for hydroxylation is 2. The molecular formula is C19H20N4O3S. The number of sulfonamides is 1. The molecule has 0 radical (unpaired) electrons. The Labute approximate surface area is 158 Å². The first kappa shape index (κ1) is 18.8. The second kappa shape index (κ2) is 7.71. The van der Waals surface area contributed by atoms with Gasteiger partial charge in [-0.1, -0.05) is 60.2 Å². The minimum atomic E-state index is -3.88. The third kappa shape index (κ3) is 4.06. The van der Waals surface area contributed by atoms with Crippen LogP contribution in [0.2, 0.25) is 0 Å². The number of rotatable bonds is 7. The molecule has 1 N–H and O–H groups in total. The van der Waals surface area contributed by atoms with Crippen molar-refractivity contribution in [2.45, 2.75) is 31.7 Å². The average Bonchev–Trinajstić information content (AvgIpc) is 3.04. The molecular weight excluding hydrogens is 364 g/mol. The number of carbonyl (C=O) groups excluding carboxylic acids is 1. The maximum atomic E-state index is 12.8. The molecule has 1 heterocycles. The van der Waals surface area contributed by atoms with Crippen LogP contribution in [0.15, 0.2) is 59.5 Å². The molecule has 7 nitrogen and oxygen atoms in total. The Morgan fingerprint density at radius 2 is 1.74 bits per heavy atom. The fourth-order valence-electron chi connectivity index (χ4n) is 2.57. The Bertz CT molecular complexity index is 1040. The van der Waals surface area contributed by atoms with E-state index in [0.717, 1.165) is 5.56 Å². The summed E-state index contributed by atoms with van der Waals surface area (Å²) in [5.41, 5.74) is 1.34. The van der Waals surface area contributed by atoms with E-state index in [1.54, 1.807) is 42.5 Å². The number of carbonyl (C=O) groups is 1. The van der Waals surface area contributed by atoms with Crippen LogP contribution >= 0.6 is 0 Å². The van der Waals surface area contributed by atoms with Crippen molar-refractivity contribution in [2.75, 3.05) is 4.72 Å². The van der Waals surface area contributed by atoms with Crippen molar-refractivity contribution in [3.8, 4) is 0 Å². The Morgan fingerprint density at radius 3 is 2.37 bits per heavy atom. The van der Waals surface area contributed by atoms with Crippen LogP contribution in [0.4, 0.5) is 5.82 Å².